The van der Waals surface area contributed by atoms with E-state index in [1.807, 2.05) is 19.1 Å². The standard InChI is InChI=1S/C15H23N3O/c1-9-4-6-14(11(9)3)17-15(19)12-5-7-13(18-16)10(2)8-12/h5,7-9,11,14,18H,4,6,16H2,1-3H3,(H,17,19). The van der Waals surface area contributed by atoms with Crippen molar-refractivity contribution in [2.24, 2.45) is 17.7 Å². The van der Waals surface area contributed by atoms with Crippen molar-refractivity contribution in [1.82, 2.24) is 5.32 Å². The first-order chi connectivity index (χ1) is 9.02. The molecule has 4 nitrogen and oxygen atoms in total. The lowest BCUT2D eigenvalue weighted by Gasteiger charge is -2.20. The minimum Gasteiger partial charge on any atom is -0.349 e. The Morgan fingerprint density at radius 1 is 1.32 bits per heavy atom. The van der Waals surface area contributed by atoms with E-state index in [9.17, 15) is 4.79 Å². The van der Waals surface area contributed by atoms with E-state index in [0.29, 0.717) is 23.4 Å². The third-order valence-electron chi connectivity index (χ3n) is 4.43. The molecule has 3 unspecified atom stereocenters. The van der Waals surface area contributed by atoms with Gasteiger partial charge in [0.25, 0.3) is 5.91 Å². The highest BCUT2D eigenvalue weighted by Crippen LogP contribution is 2.31. The van der Waals surface area contributed by atoms with Crippen LogP contribution in [0.3, 0.4) is 0 Å². The van der Waals surface area contributed by atoms with Gasteiger partial charge in [0, 0.05) is 11.6 Å². The van der Waals surface area contributed by atoms with Gasteiger partial charge in [0.2, 0.25) is 0 Å². The normalized spacial score (nSPS) is 26.2. The average Bonchev–Trinajstić information content (AvgIpc) is 2.70. The fourth-order valence-corrected chi connectivity index (χ4v) is 2.79. The van der Waals surface area contributed by atoms with Gasteiger partial charge in [-0.05, 0) is 55.4 Å². The summed E-state index contributed by atoms with van der Waals surface area (Å²) < 4.78 is 0. The van der Waals surface area contributed by atoms with Crippen LogP contribution in [0.15, 0.2) is 18.2 Å². The summed E-state index contributed by atoms with van der Waals surface area (Å²) in [6.45, 7) is 6.41. The van der Waals surface area contributed by atoms with Crippen molar-refractivity contribution in [1.29, 1.82) is 0 Å². The van der Waals surface area contributed by atoms with Crippen molar-refractivity contribution >= 4 is 11.6 Å². The van der Waals surface area contributed by atoms with Crippen LogP contribution in [0, 0.1) is 18.8 Å². The summed E-state index contributed by atoms with van der Waals surface area (Å²) in [4.78, 5) is 12.2. The van der Waals surface area contributed by atoms with Crippen LogP contribution >= 0.6 is 0 Å². The van der Waals surface area contributed by atoms with Crippen LogP contribution in [0.25, 0.3) is 0 Å². The van der Waals surface area contributed by atoms with Gasteiger partial charge in [-0.3, -0.25) is 10.6 Å². The summed E-state index contributed by atoms with van der Waals surface area (Å²) in [6, 6.07) is 5.81. The molecule has 0 heterocycles. The van der Waals surface area contributed by atoms with Gasteiger partial charge in [-0.1, -0.05) is 13.8 Å². The second-order valence-electron chi connectivity index (χ2n) is 5.67. The largest absolute Gasteiger partial charge is 0.349 e. The molecule has 0 saturated heterocycles. The number of carbonyl (C=O) groups excluding carboxylic acids is 1. The molecular weight excluding hydrogens is 238 g/mol. The molecule has 0 aromatic heterocycles. The lowest BCUT2D eigenvalue weighted by atomic mass is 9.97. The lowest BCUT2D eigenvalue weighted by Crippen LogP contribution is -2.37. The molecule has 0 spiro atoms. The number of carbonyl (C=O) groups is 1. The molecule has 0 bridgehead atoms. The molecule has 2 rings (SSSR count). The van der Waals surface area contributed by atoms with Gasteiger partial charge < -0.3 is 10.7 Å². The van der Waals surface area contributed by atoms with Crippen molar-refractivity contribution in [3.05, 3.63) is 29.3 Å². The van der Waals surface area contributed by atoms with E-state index in [1.165, 1.54) is 6.42 Å². The molecule has 4 N–H and O–H groups in total. The molecule has 3 atom stereocenters. The molecular formula is C15H23N3O. The number of rotatable bonds is 3. The van der Waals surface area contributed by atoms with Gasteiger partial charge in [0.15, 0.2) is 0 Å². The van der Waals surface area contributed by atoms with Crippen LogP contribution in [0.2, 0.25) is 0 Å². The summed E-state index contributed by atoms with van der Waals surface area (Å²) >= 11 is 0. The first-order valence-corrected chi connectivity index (χ1v) is 6.91. The topological polar surface area (TPSA) is 67.2 Å². The van der Waals surface area contributed by atoms with Crippen molar-refractivity contribution in [2.45, 2.75) is 39.7 Å². The van der Waals surface area contributed by atoms with E-state index in [4.69, 9.17) is 5.84 Å². The third kappa shape index (κ3) is 2.89. The van der Waals surface area contributed by atoms with Crippen molar-refractivity contribution in [3.63, 3.8) is 0 Å². The number of nitrogens with two attached hydrogens (primary N) is 1. The maximum Gasteiger partial charge on any atom is 0.251 e. The third-order valence-corrected chi connectivity index (χ3v) is 4.43. The van der Waals surface area contributed by atoms with Gasteiger partial charge >= 0.3 is 0 Å². The van der Waals surface area contributed by atoms with E-state index in [-0.39, 0.29) is 5.91 Å². The fourth-order valence-electron chi connectivity index (χ4n) is 2.79. The van der Waals surface area contributed by atoms with Crippen LogP contribution in [0.1, 0.15) is 42.6 Å². The summed E-state index contributed by atoms with van der Waals surface area (Å²) in [6.07, 6.45) is 2.27. The van der Waals surface area contributed by atoms with E-state index in [0.717, 1.165) is 17.7 Å². The highest BCUT2D eigenvalue weighted by Gasteiger charge is 2.30. The van der Waals surface area contributed by atoms with E-state index < -0.39 is 0 Å². The van der Waals surface area contributed by atoms with Gasteiger partial charge in [0.05, 0.1) is 5.69 Å². The maximum atomic E-state index is 12.2. The van der Waals surface area contributed by atoms with Gasteiger partial charge in [-0.15, -0.1) is 0 Å². The number of benzene rings is 1. The highest BCUT2D eigenvalue weighted by molar-refractivity contribution is 5.95. The SMILES string of the molecule is Cc1cc(C(=O)NC2CCC(C)C2C)ccc1NN. The van der Waals surface area contributed by atoms with Crippen LogP contribution in [-0.4, -0.2) is 11.9 Å². The summed E-state index contributed by atoms with van der Waals surface area (Å²) in [5, 5.41) is 3.15. The Labute approximate surface area is 114 Å². The number of nitrogens with one attached hydrogen (secondary N) is 2. The molecule has 19 heavy (non-hydrogen) atoms. The first-order valence-electron chi connectivity index (χ1n) is 6.91. The Kier molecular flexibility index (Phi) is 4.10. The highest BCUT2D eigenvalue weighted by atomic mass is 16.1. The van der Waals surface area contributed by atoms with E-state index in [2.05, 4.69) is 24.6 Å². The molecule has 1 amide bonds. The van der Waals surface area contributed by atoms with Crippen LogP contribution in [0.5, 0.6) is 0 Å². The Balaban J connectivity index is 2.06. The van der Waals surface area contributed by atoms with Crippen LogP contribution in [-0.2, 0) is 0 Å². The molecule has 1 aliphatic rings. The molecule has 0 radical (unpaired) electrons. The molecule has 1 aromatic carbocycles. The van der Waals surface area contributed by atoms with Crippen LogP contribution in [0.4, 0.5) is 5.69 Å². The second kappa shape index (κ2) is 5.61. The lowest BCUT2D eigenvalue weighted by molar-refractivity contribution is 0.0927. The van der Waals surface area contributed by atoms with Crippen LogP contribution < -0.4 is 16.6 Å². The van der Waals surface area contributed by atoms with Crippen molar-refractivity contribution in [3.8, 4) is 0 Å². The van der Waals surface area contributed by atoms with E-state index >= 15 is 0 Å². The minimum atomic E-state index is 0.0117. The predicted molar refractivity (Wildman–Crippen MR) is 77.8 cm³/mol. The zero-order valence-corrected chi connectivity index (χ0v) is 11.9. The second-order valence-corrected chi connectivity index (χ2v) is 5.67. The van der Waals surface area contributed by atoms with Gasteiger partial charge in [-0.25, -0.2) is 0 Å². The summed E-state index contributed by atoms with van der Waals surface area (Å²) in [5.41, 5.74) is 5.13. The zero-order valence-electron chi connectivity index (χ0n) is 11.9. The monoisotopic (exact) mass is 261 g/mol. The fraction of sp³-hybridized carbons (Fsp3) is 0.533. The molecule has 1 fully saturated rings. The number of hydrogen-bond acceptors (Lipinski definition) is 3. The zero-order chi connectivity index (χ0) is 14.0. The smallest absolute Gasteiger partial charge is 0.251 e. The number of anilines is 1. The molecule has 4 heteroatoms. The molecule has 104 valence electrons. The maximum absolute atomic E-state index is 12.2. The number of hydrazine groups is 1. The quantitative estimate of drug-likeness (QED) is 0.578. The van der Waals surface area contributed by atoms with E-state index in [1.54, 1.807) is 6.07 Å². The molecule has 1 aromatic rings. The predicted octanol–water partition coefficient (Wildman–Crippen LogP) is 2.45. The number of aryl methyl sites for hydroxylation is 1. The number of nitrogen functional groups attached to an aromatic ring is 1. The Bertz CT molecular complexity index is 472. The first kappa shape index (κ1) is 13.9. The van der Waals surface area contributed by atoms with Gasteiger partial charge in [0.1, 0.15) is 0 Å². The molecule has 1 saturated carbocycles. The molecule has 1 aliphatic carbocycles. The van der Waals surface area contributed by atoms with Crippen molar-refractivity contribution in [2.75, 3.05) is 5.43 Å². The Morgan fingerprint density at radius 3 is 2.58 bits per heavy atom. The van der Waals surface area contributed by atoms with Gasteiger partial charge in [-0.2, -0.15) is 0 Å². The number of amides is 1. The Morgan fingerprint density at radius 2 is 2.05 bits per heavy atom. The Hall–Kier alpha value is -1.55. The van der Waals surface area contributed by atoms with Crippen molar-refractivity contribution < 1.29 is 4.79 Å². The number of hydrogen-bond donors (Lipinski definition) is 3. The summed E-state index contributed by atoms with van der Waals surface area (Å²) in [7, 11) is 0. The minimum absolute atomic E-state index is 0.0117. The summed E-state index contributed by atoms with van der Waals surface area (Å²) in [5.74, 6) is 6.65. The molecule has 0 aliphatic heterocycles. The average molecular weight is 261 g/mol.